The van der Waals surface area contributed by atoms with Crippen molar-refractivity contribution >= 4 is 17.5 Å². The SMILES string of the molecule is COC(OC)(C(=O)c1ccc(SC)cc1)c1ccc(C)cc1. The molecule has 0 heterocycles. The second-order valence-electron chi connectivity index (χ2n) is 4.95. The van der Waals surface area contributed by atoms with Crippen LogP contribution in [-0.4, -0.2) is 26.3 Å². The maximum absolute atomic E-state index is 13.0. The molecule has 0 aromatic heterocycles. The zero-order chi connectivity index (χ0) is 16.2. The Bertz CT molecular complexity index is 628. The number of ketones is 1. The van der Waals surface area contributed by atoms with Gasteiger partial charge in [-0.05, 0) is 25.3 Å². The lowest BCUT2D eigenvalue weighted by molar-refractivity contribution is -0.176. The lowest BCUT2D eigenvalue weighted by Gasteiger charge is -2.29. The Labute approximate surface area is 135 Å². The van der Waals surface area contributed by atoms with E-state index in [9.17, 15) is 4.79 Å². The van der Waals surface area contributed by atoms with E-state index in [-0.39, 0.29) is 5.78 Å². The zero-order valence-corrected chi connectivity index (χ0v) is 14.1. The molecule has 0 saturated heterocycles. The molecule has 116 valence electrons. The number of hydrogen-bond donors (Lipinski definition) is 0. The van der Waals surface area contributed by atoms with Crippen LogP contribution in [0.25, 0.3) is 0 Å². The Morgan fingerprint density at radius 3 is 1.95 bits per heavy atom. The molecule has 22 heavy (non-hydrogen) atoms. The van der Waals surface area contributed by atoms with Crippen molar-refractivity contribution in [2.45, 2.75) is 17.6 Å². The average Bonchev–Trinajstić information content (AvgIpc) is 2.58. The first-order chi connectivity index (χ1) is 10.6. The lowest BCUT2D eigenvalue weighted by atomic mass is 9.95. The van der Waals surface area contributed by atoms with E-state index < -0.39 is 5.79 Å². The van der Waals surface area contributed by atoms with Crippen molar-refractivity contribution in [1.82, 2.24) is 0 Å². The van der Waals surface area contributed by atoms with Gasteiger partial charge in [0.1, 0.15) is 0 Å². The highest BCUT2D eigenvalue weighted by molar-refractivity contribution is 7.98. The molecule has 0 spiro atoms. The molecule has 0 aliphatic rings. The van der Waals surface area contributed by atoms with Crippen LogP contribution in [0.4, 0.5) is 0 Å². The molecule has 0 saturated carbocycles. The maximum Gasteiger partial charge on any atom is 0.260 e. The number of aryl methyl sites for hydroxylation is 1. The molecule has 0 radical (unpaired) electrons. The third-order valence-electron chi connectivity index (χ3n) is 3.66. The number of Topliss-reactive ketones (excluding diaryl/α,β-unsaturated/α-hetero) is 1. The minimum Gasteiger partial charge on any atom is -0.343 e. The largest absolute Gasteiger partial charge is 0.343 e. The van der Waals surface area contributed by atoms with Gasteiger partial charge in [-0.2, -0.15) is 0 Å². The molecule has 0 atom stereocenters. The van der Waals surface area contributed by atoms with Crippen molar-refractivity contribution in [2.75, 3.05) is 20.5 Å². The summed E-state index contributed by atoms with van der Waals surface area (Å²) in [6.07, 6.45) is 2.00. The summed E-state index contributed by atoms with van der Waals surface area (Å²) in [6.45, 7) is 1.99. The Hall–Kier alpha value is -1.62. The van der Waals surface area contributed by atoms with E-state index in [1.54, 1.807) is 23.9 Å². The maximum atomic E-state index is 13.0. The molecule has 2 aromatic carbocycles. The van der Waals surface area contributed by atoms with Crippen LogP contribution in [0.2, 0.25) is 0 Å². The van der Waals surface area contributed by atoms with Gasteiger partial charge >= 0.3 is 0 Å². The van der Waals surface area contributed by atoms with Crippen LogP contribution in [0.3, 0.4) is 0 Å². The Balaban J connectivity index is 2.45. The number of methoxy groups -OCH3 is 2. The number of carbonyl (C=O) groups is 1. The first-order valence-corrected chi connectivity index (χ1v) is 8.16. The monoisotopic (exact) mass is 316 g/mol. The number of thioether (sulfide) groups is 1. The molecule has 0 amide bonds. The summed E-state index contributed by atoms with van der Waals surface area (Å²) >= 11 is 1.63. The third-order valence-corrected chi connectivity index (χ3v) is 4.40. The van der Waals surface area contributed by atoms with Gasteiger partial charge in [0.2, 0.25) is 5.78 Å². The van der Waals surface area contributed by atoms with Crippen LogP contribution < -0.4 is 0 Å². The first-order valence-electron chi connectivity index (χ1n) is 6.93. The summed E-state index contributed by atoms with van der Waals surface area (Å²) in [5.41, 5.74) is 2.35. The van der Waals surface area contributed by atoms with Gasteiger partial charge in [0, 0.05) is 30.2 Å². The fraction of sp³-hybridized carbons (Fsp3) is 0.278. The van der Waals surface area contributed by atoms with Crippen LogP contribution in [0, 0.1) is 6.92 Å². The molecule has 0 N–H and O–H groups in total. The predicted molar refractivity (Wildman–Crippen MR) is 89.4 cm³/mol. The molecule has 4 heteroatoms. The third kappa shape index (κ3) is 3.09. The molecule has 3 nitrogen and oxygen atoms in total. The summed E-state index contributed by atoms with van der Waals surface area (Å²) in [6, 6.07) is 15.0. The Kier molecular flexibility index (Phi) is 5.40. The topological polar surface area (TPSA) is 35.5 Å². The number of ether oxygens (including phenoxy) is 2. The minimum absolute atomic E-state index is 0.214. The normalized spacial score (nSPS) is 11.5. The van der Waals surface area contributed by atoms with E-state index in [0.717, 1.165) is 10.5 Å². The number of hydrogen-bond acceptors (Lipinski definition) is 4. The van der Waals surface area contributed by atoms with Crippen LogP contribution in [0.1, 0.15) is 21.5 Å². The van der Waals surface area contributed by atoms with Gasteiger partial charge in [-0.15, -0.1) is 11.8 Å². The van der Waals surface area contributed by atoms with Crippen LogP contribution in [-0.2, 0) is 15.3 Å². The second-order valence-corrected chi connectivity index (χ2v) is 5.83. The second kappa shape index (κ2) is 7.09. The van der Waals surface area contributed by atoms with Gasteiger partial charge in [0.05, 0.1) is 0 Å². The highest BCUT2D eigenvalue weighted by Crippen LogP contribution is 2.31. The van der Waals surface area contributed by atoms with E-state index in [4.69, 9.17) is 9.47 Å². The van der Waals surface area contributed by atoms with Crippen molar-refractivity contribution in [1.29, 1.82) is 0 Å². The number of carbonyl (C=O) groups excluding carboxylic acids is 1. The number of rotatable bonds is 6. The summed E-state index contributed by atoms with van der Waals surface area (Å²) in [7, 11) is 2.97. The predicted octanol–water partition coefficient (Wildman–Crippen LogP) is 4.05. The molecular formula is C18H20O3S. The van der Waals surface area contributed by atoms with E-state index in [1.807, 2.05) is 49.6 Å². The van der Waals surface area contributed by atoms with Crippen molar-refractivity contribution < 1.29 is 14.3 Å². The van der Waals surface area contributed by atoms with Crippen LogP contribution in [0.5, 0.6) is 0 Å². The minimum atomic E-state index is -1.42. The quantitative estimate of drug-likeness (QED) is 0.458. The van der Waals surface area contributed by atoms with Crippen molar-refractivity contribution in [3.05, 3.63) is 65.2 Å². The molecular weight excluding hydrogens is 296 g/mol. The van der Waals surface area contributed by atoms with Gasteiger partial charge in [-0.1, -0.05) is 42.0 Å². The van der Waals surface area contributed by atoms with Crippen molar-refractivity contribution in [3.8, 4) is 0 Å². The molecule has 2 rings (SSSR count). The fourth-order valence-corrected chi connectivity index (χ4v) is 2.75. The van der Waals surface area contributed by atoms with Gasteiger partial charge in [0.25, 0.3) is 5.79 Å². The first kappa shape index (κ1) is 16.7. The Morgan fingerprint density at radius 2 is 1.50 bits per heavy atom. The van der Waals surface area contributed by atoms with Gasteiger partial charge < -0.3 is 9.47 Å². The summed E-state index contributed by atoms with van der Waals surface area (Å²) in [4.78, 5) is 14.1. The molecule has 0 bridgehead atoms. The Morgan fingerprint density at radius 1 is 0.955 bits per heavy atom. The van der Waals surface area contributed by atoms with Gasteiger partial charge in [-0.25, -0.2) is 0 Å². The van der Waals surface area contributed by atoms with Gasteiger partial charge in [0.15, 0.2) is 0 Å². The highest BCUT2D eigenvalue weighted by atomic mass is 32.2. The molecule has 0 aliphatic carbocycles. The standard InChI is InChI=1S/C18H20O3S/c1-13-5-9-15(10-6-13)18(20-2,21-3)17(19)14-7-11-16(22-4)12-8-14/h5-12H,1-4H3. The number of benzene rings is 2. The van der Waals surface area contributed by atoms with Crippen LogP contribution in [0.15, 0.2) is 53.4 Å². The van der Waals surface area contributed by atoms with E-state index >= 15 is 0 Å². The van der Waals surface area contributed by atoms with E-state index in [0.29, 0.717) is 11.1 Å². The van der Waals surface area contributed by atoms with Crippen LogP contribution >= 0.6 is 11.8 Å². The van der Waals surface area contributed by atoms with Crippen molar-refractivity contribution in [2.24, 2.45) is 0 Å². The summed E-state index contributed by atoms with van der Waals surface area (Å²) in [5, 5.41) is 0. The molecule has 2 aromatic rings. The molecule has 0 aliphatic heterocycles. The average molecular weight is 316 g/mol. The van der Waals surface area contributed by atoms with Crippen molar-refractivity contribution in [3.63, 3.8) is 0 Å². The smallest absolute Gasteiger partial charge is 0.260 e. The molecule has 0 unspecified atom stereocenters. The molecule has 0 fully saturated rings. The summed E-state index contributed by atoms with van der Waals surface area (Å²) in [5.74, 6) is -1.64. The fourth-order valence-electron chi connectivity index (χ4n) is 2.34. The lowest BCUT2D eigenvalue weighted by Crippen LogP contribution is -2.40. The summed E-state index contributed by atoms with van der Waals surface area (Å²) < 4.78 is 11.0. The zero-order valence-electron chi connectivity index (χ0n) is 13.3. The highest BCUT2D eigenvalue weighted by Gasteiger charge is 2.41. The van der Waals surface area contributed by atoms with Gasteiger partial charge in [-0.3, -0.25) is 4.79 Å². The van der Waals surface area contributed by atoms with E-state index in [1.165, 1.54) is 14.2 Å². The van der Waals surface area contributed by atoms with E-state index in [2.05, 4.69) is 0 Å².